The maximum Gasteiger partial charge on any atom is 0.305 e. The normalized spacial score (nSPS) is 11.6. The summed E-state index contributed by atoms with van der Waals surface area (Å²) in [4.78, 5) is 48.3. The minimum Gasteiger partial charge on any atom is -0.481 e. The molecule has 0 atom stereocenters. The van der Waals surface area contributed by atoms with Crippen molar-refractivity contribution >= 4 is 79.4 Å². The van der Waals surface area contributed by atoms with E-state index in [0.29, 0.717) is 23.5 Å². The number of carbonyl (C=O) groups is 2. The summed E-state index contributed by atoms with van der Waals surface area (Å²) in [5.41, 5.74) is 1.93. The van der Waals surface area contributed by atoms with Gasteiger partial charge < -0.3 is 31.7 Å². The van der Waals surface area contributed by atoms with Crippen LogP contribution in [-0.4, -0.2) is 99.1 Å². The predicted molar refractivity (Wildman–Crippen MR) is 239 cm³/mol. The largest absolute Gasteiger partial charge is 0.481 e. The lowest BCUT2D eigenvalue weighted by Crippen LogP contribution is -2.27. The maximum absolute atomic E-state index is 12.7. The van der Waals surface area contributed by atoms with Crippen LogP contribution in [0.15, 0.2) is 107 Å². The van der Waals surface area contributed by atoms with E-state index in [2.05, 4.69) is 56.5 Å². The first-order valence-electron chi connectivity index (χ1n) is 19.7. The molecule has 0 saturated heterocycles. The van der Waals surface area contributed by atoms with Crippen LogP contribution in [0.2, 0.25) is 0 Å². The third-order valence-corrected chi connectivity index (χ3v) is 10.8. The second kappa shape index (κ2) is 21.7. The molecule has 0 radical (unpaired) electrons. The van der Waals surface area contributed by atoms with E-state index in [1.165, 1.54) is 36.4 Å². The quantitative estimate of drug-likeness (QED) is 0.0322. The molecule has 0 saturated carbocycles. The Balaban J connectivity index is 1.25. The van der Waals surface area contributed by atoms with Gasteiger partial charge in [-0.2, -0.15) is 41.8 Å². The highest BCUT2D eigenvalue weighted by molar-refractivity contribution is 7.86. The molecule has 0 aliphatic carbocycles. The lowest BCUT2D eigenvalue weighted by atomic mass is 10.1. The van der Waals surface area contributed by atoms with Gasteiger partial charge in [-0.1, -0.05) is 78.9 Å². The summed E-state index contributed by atoms with van der Waals surface area (Å²) in [5, 5.41) is 23.2. The monoisotopic (exact) mass is 926 g/mol. The number of carboxylic acid groups (broad SMARTS) is 1. The van der Waals surface area contributed by atoms with Gasteiger partial charge in [0.25, 0.3) is 20.2 Å². The van der Waals surface area contributed by atoms with E-state index in [-0.39, 0.29) is 85.3 Å². The smallest absolute Gasteiger partial charge is 0.305 e. The van der Waals surface area contributed by atoms with Gasteiger partial charge in [-0.3, -0.25) is 18.7 Å². The number of benzene rings is 4. The summed E-state index contributed by atoms with van der Waals surface area (Å²) in [6, 6.07) is 26.3. The van der Waals surface area contributed by atoms with Crippen LogP contribution < -0.4 is 26.6 Å². The molecule has 0 fully saturated rings. The number of aromatic nitrogens is 6. The lowest BCUT2D eigenvalue weighted by Gasteiger charge is -2.13. The van der Waals surface area contributed by atoms with Gasteiger partial charge in [0.2, 0.25) is 29.7 Å². The number of carboxylic acids is 1. The summed E-state index contributed by atoms with van der Waals surface area (Å²) in [5.74, 6) is -0.660. The molecule has 2 aromatic heterocycles. The zero-order valence-electron chi connectivity index (χ0n) is 34.2. The SMILES string of the molecule is O=C(O)CCNc1nc(Cc2ccccc2)nc(Cc2ccc(/C=C/c3ccc(Nc4nc(NCCC(=O)NCC[18F])nc(Nc5ccccc5)n4)cc3S(=O)(=O)O)c(S(=O)(=O)O)c2)n1. The predicted octanol–water partition coefficient (Wildman–Crippen LogP) is 5.16. The Kier molecular flexibility index (Phi) is 15.7. The number of hydrogen-bond donors (Lipinski definition) is 8. The molecule has 0 aliphatic rings. The Morgan fingerprint density at radius 1 is 0.569 bits per heavy atom. The Hall–Kier alpha value is -7.47. The highest BCUT2D eigenvalue weighted by Crippen LogP contribution is 2.27. The molecule has 6 aromatic rings. The first-order chi connectivity index (χ1) is 31.1. The standard InChI is InChI=1S/C42H42FN11O9S2/c43-19-22-44-37(55)17-20-45-40-52-41(47-31-9-5-2-6-10-31)54-42(53-40)48-32-16-15-30(34(26-32)65(61,62)63)14-13-29-12-11-28(23-33(29)64(58,59)60)25-36-49-35(24-27-7-3-1-4-8-27)50-39(51-36)46-21-18-38(56)57/h1-16,23,26H,17-22,24-25H2,(H,44,55)(H,56,57)(H,58,59,60)(H,61,62,63)(H,46,49,50,51)(H3,45,47,48,52,53,54)/b14-13+/i43-1. The fraction of sp³-hybridized carbons (Fsp3) is 0.190. The minimum absolute atomic E-state index is 0.0207. The molecule has 6 rings (SSSR count). The Labute approximate surface area is 372 Å². The Morgan fingerprint density at radius 3 is 1.69 bits per heavy atom. The molecule has 2 heterocycles. The average molecular weight is 927 g/mol. The van der Waals surface area contributed by atoms with Crippen molar-refractivity contribution in [1.29, 1.82) is 0 Å². The Bertz CT molecular complexity index is 2900. The number of amides is 1. The van der Waals surface area contributed by atoms with Crippen molar-refractivity contribution < 1.29 is 45.0 Å². The molecule has 338 valence electrons. The fourth-order valence-corrected chi connectivity index (χ4v) is 7.50. The molecular formula is C42H42FN11O9S2. The van der Waals surface area contributed by atoms with E-state index in [1.54, 1.807) is 30.3 Å². The molecule has 4 aromatic carbocycles. The van der Waals surface area contributed by atoms with Crippen LogP contribution in [0.25, 0.3) is 12.2 Å². The maximum atomic E-state index is 12.7. The minimum atomic E-state index is -4.91. The molecule has 0 spiro atoms. The molecule has 0 bridgehead atoms. The lowest BCUT2D eigenvalue weighted by molar-refractivity contribution is -0.136. The van der Waals surface area contributed by atoms with Gasteiger partial charge in [-0.15, -0.1) is 0 Å². The zero-order chi connectivity index (χ0) is 46.4. The van der Waals surface area contributed by atoms with Crippen LogP contribution in [0.4, 0.5) is 39.6 Å². The van der Waals surface area contributed by atoms with Crippen LogP contribution in [-0.2, 0) is 42.7 Å². The molecule has 8 N–H and O–H groups in total. The van der Waals surface area contributed by atoms with Crippen LogP contribution in [0.5, 0.6) is 0 Å². The van der Waals surface area contributed by atoms with Gasteiger partial charge in [0, 0.05) is 50.3 Å². The van der Waals surface area contributed by atoms with Crippen molar-refractivity contribution in [2.45, 2.75) is 35.5 Å². The van der Waals surface area contributed by atoms with Crippen molar-refractivity contribution in [3.8, 4) is 0 Å². The third kappa shape index (κ3) is 14.5. The van der Waals surface area contributed by atoms with Gasteiger partial charge in [-0.05, 0) is 52.6 Å². The van der Waals surface area contributed by atoms with Gasteiger partial charge in [-0.25, -0.2) is 9.37 Å². The molecule has 0 aliphatic heterocycles. The van der Waals surface area contributed by atoms with Gasteiger partial charge in [0.15, 0.2) is 0 Å². The number of halogens is 1. The van der Waals surface area contributed by atoms with Crippen molar-refractivity contribution in [2.24, 2.45) is 0 Å². The number of aliphatic carboxylic acids is 1. The van der Waals surface area contributed by atoms with Crippen molar-refractivity contribution in [2.75, 3.05) is 47.6 Å². The molecule has 23 heteroatoms. The fourth-order valence-electron chi connectivity index (χ4n) is 6.06. The van der Waals surface area contributed by atoms with E-state index in [0.717, 1.165) is 11.6 Å². The van der Waals surface area contributed by atoms with E-state index in [4.69, 9.17) is 5.11 Å². The molecule has 65 heavy (non-hydrogen) atoms. The van der Waals surface area contributed by atoms with Crippen LogP contribution in [0.1, 0.15) is 46.7 Å². The average Bonchev–Trinajstić information content (AvgIpc) is 3.25. The van der Waals surface area contributed by atoms with E-state index in [9.17, 15) is 39.9 Å². The van der Waals surface area contributed by atoms with Crippen LogP contribution in [0, 0.1) is 0 Å². The highest BCUT2D eigenvalue weighted by atomic mass is 32.2. The van der Waals surface area contributed by atoms with Crippen molar-refractivity contribution in [1.82, 2.24) is 35.2 Å². The number of nitrogens with zero attached hydrogens (tertiary/aromatic N) is 6. The number of anilines is 6. The number of alkyl halides is 1. The second-order valence-electron chi connectivity index (χ2n) is 13.9. The Morgan fingerprint density at radius 2 is 1.09 bits per heavy atom. The van der Waals surface area contributed by atoms with Crippen LogP contribution >= 0.6 is 0 Å². The van der Waals surface area contributed by atoms with Gasteiger partial charge in [0.05, 0.1) is 6.42 Å². The molecule has 1 amide bonds. The van der Waals surface area contributed by atoms with Crippen molar-refractivity contribution in [3.63, 3.8) is 0 Å². The molecule has 20 nitrogen and oxygen atoms in total. The van der Waals surface area contributed by atoms with Gasteiger partial charge in [0.1, 0.15) is 28.1 Å². The summed E-state index contributed by atoms with van der Waals surface area (Å²) in [6.07, 6.45) is 2.57. The summed E-state index contributed by atoms with van der Waals surface area (Å²) in [6.45, 7) is -0.715. The molecule has 0 unspecified atom stereocenters. The zero-order valence-corrected chi connectivity index (χ0v) is 35.9. The number of para-hydroxylation sites is 1. The first-order valence-corrected chi connectivity index (χ1v) is 22.5. The highest BCUT2D eigenvalue weighted by Gasteiger charge is 2.19. The summed E-state index contributed by atoms with van der Waals surface area (Å²) >= 11 is 0. The topological polar surface area (TPSA) is 301 Å². The number of hydrogen-bond acceptors (Lipinski definition) is 16. The van der Waals surface area contributed by atoms with E-state index >= 15 is 0 Å². The van der Waals surface area contributed by atoms with Gasteiger partial charge >= 0.3 is 5.97 Å². The van der Waals surface area contributed by atoms with Crippen molar-refractivity contribution in [3.05, 3.63) is 131 Å². The van der Waals surface area contributed by atoms with E-state index < -0.39 is 48.6 Å². The first kappa shape index (κ1) is 47.0. The summed E-state index contributed by atoms with van der Waals surface area (Å²) < 4.78 is 83.8. The number of rotatable bonds is 22. The van der Waals surface area contributed by atoms with E-state index in [1.807, 2.05) is 36.4 Å². The second-order valence-corrected chi connectivity index (χ2v) is 16.7. The summed E-state index contributed by atoms with van der Waals surface area (Å²) in [7, 11) is -9.77. The van der Waals surface area contributed by atoms with Crippen LogP contribution in [0.3, 0.4) is 0 Å². The third-order valence-electron chi connectivity index (χ3n) is 8.98. The number of nitrogens with one attached hydrogen (secondary N) is 5. The number of carbonyl (C=O) groups excluding carboxylic acids is 1. The molecular weight excluding hydrogens is 885 g/mol.